The molecule has 28 heavy (non-hydrogen) atoms. The summed E-state index contributed by atoms with van der Waals surface area (Å²) in [6.45, 7) is 6.30. The van der Waals surface area contributed by atoms with E-state index in [0.717, 1.165) is 32.5 Å². The summed E-state index contributed by atoms with van der Waals surface area (Å²) < 4.78 is 17.5. The van der Waals surface area contributed by atoms with Crippen LogP contribution in [0.3, 0.4) is 0 Å². The summed E-state index contributed by atoms with van der Waals surface area (Å²) in [7, 11) is 0. The molecular formula is C25H44O3. The standard InChI is InChI=1S/C25H44O3/c1-3-4-5-10-15-22(2)24-19-18-23(28-24)16-11-8-6-7-9-13-20-26-25-17-12-14-21-27-25/h18-19,22,25H,3-17,20-21H2,1-2H3. The Morgan fingerprint density at radius 1 is 0.964 bits per heavy atom. The molecule has 1 aromatic rings. The molecule has 2 unspecified atom stereocenters. The lowest BCUT2D eigenvalue weighted by Crippen LogP contribution is -2.22. The lowest BCUT2D eigenvalue weighted by Gasteiger charge is -2.22. The Bertz CT molecular complexity index is 476. The SMILES string of the molecule is CCCCCCC(C)c1ccc(CCCCCCCCOC2CCCCO2)o1. The summed E-state index contributed by atoms with van der Waals surface area (Å²) in [6, 6.07) is 4.40. The second kappa shape index (κ2) is 15.1. The van der Waals surface area contributed by atoms with Gasteiger partial charge in [0, 0.05) is 25.6 Å². The highest BCUT2D eigenvalue weighted by Crippen LogP contribution is 2.25. The van der Waals surface area contributed by atoms with E-state index in [1.807, 2.05) is 0 Å². The summed E-state index contributed by atoms with van der Waals surface area (Å²) in [4.78, 5) is 0. The molecule has 0 bridgehead atoms. The van der Waals surface area contributed by atoms with Gasteiger partial charge in [-0.2, -0.15) is 0 Å². The van der Waals surface area contributed by atoms with Crippen LogP contribution in [-0.2, 0) is 15.9 Å². The molecule has 2 atom stereocenters. The molecule has 1 aliphatic rings. The Morgan fingerprint density at radius 3 is 2.54 bits per heavy atom. The molecule has 3 nitrogen and oxygen atoms in total. The third-order valence-corrected chi connectivity index (χ3v) is 5.92. The number of aryl methyl sites for hydroxylation is 1. The van der Waals surface area contributed by atoms with Crippen LogP contribution in [0.2, 0.25) is 0 Å². The van der Waals surface area contributed by atoms with Crippen LogP contribution in [0.1, 0.15) is 121 Å². The second-order valence-corrected chi connectivity index (χ2v) is 8.59. The molecule has 0 aliphatic carbocycles. The average molecular weight is 393 g/mol. The Morgan fingerprint density at radius 2 is 1.75 bits per heavy atom. The van der Waals surface area contributed by atoms with Gasteiger partial charge >= 0.3 is 0 Å². The van der Waals surface area contributed by atoms with E-state index in [-0.39, 0.29) is 6.29 Å². The molecule has 0 saturated carbocycles. The van der Waals surface area contributed by atoms with Crippen LogP contribution in [-0.4, -0.2) is 19.5 Å². The van der Waals surface area contributed by atoms with Crippen molar-refractivity contribution in [2.45, 2.75) is 122 Å². The van der Waals surface area contributed by atoms with Gasteiger partial charge in [-0.1, -0.05) is 65.2 Å². The summed E-state index contributed by atoms with van der Waals surface area (Å²) >= 11 is 0. The molecular weight excluding hydrogens is 348 g/mol. The summed E-state index contributed by atoms with van der Waals surface area (Å²) in [5.41, 5.74) is 0. The minimum atomic E-state index is 0.0750. The predicted molar refractivity (Wildman–Crippen MR) is 117 cm³/mol. The normalized spacial score (nSPS) is 18.4. The van der Waals surface area contributed by atoms with Crippen molar-refractivity contribution < 1.29 is 13.9 Å². The Labute approximate surface area is 173 Å². The number of rotatable bonds is 16. The zero-order chi connectivity index (χ0) is 19.9. The smallest absolute Gasteiger partial charge is 0.157 e. The maximum absolute atomic E-state index is 6.09. The van der Waals surface area contributed by atoms with Crippen molar-refractivity contribution in [2.24, 2.45) is 0 Å². The molecule has 0 aromatic carbocycles. The highest BCUT2D eigenvalue weighted by molar-refractivity contribution is 5.10. The predicted octanol–water partition coefficient (Wildman–Crippen LogP) is 7.78. The third-order valence-electron chi connectivity index (χ3n) is 5.92. The van der Waals surface area contributed by atoms with Gasteiger partial charge in [-0.25, -0.2) is 0 Å². The molecule has 1 fully saturated rings. The molecule has 1 saturated heterocycles. The van der Waals surface area contributed by atoms with Crippen molar-refractivity contribution in [3.05, 3.63) is 23.7 Å². The van der Waals surface area contributed by atoms with Gasteiger partial charge in [-0.05, 0) is 50.7 Å². The van der Waals surface area contributed by atoms with E-state index in [9.17, 15) is 0 Å². The second-order valence-electron chi connectivity index (χ2n) is 8.59. The first-order valence-corrected chi connectivity index (χ1v) is 12.1. The quantitative estimate of drug-likeness (QED) is 0.269. The van der Waals surface area contributed by atoms with Gasteiger partial charge in [-0.15, -0.1) is 0 Å². The Kier molecular flexibility index (Phi) is 12.7. The molecule has 0 amide bonds. The molecule has 2 rings (SSSR count). The molecule has 0 N–H and O–H groups in total. The molecule has 1 aromatic heterocycles. The van der Waals surface area contributed by atoms with Gasteiger partial charge in [0.1, 0.15) is 11.5 Å². The number of hydrogen-bond acceptors (Lipinski definition) is 3. The van der Waals surface area contributed by atoms with Crippen molar-refractivity contribution >= 4 is 0 Å². The molecule has 162 valence electrons. The summed E-state index contributed by atoms with van der Waals surface area (Å²) in [5.74, 6) is 2.93. The topological polar surface area (TPSA) is 31.6 Å². The fourth-order valence-corrected chi connectivity index (χ4v) is 3.98. The summed E-state index contributed by atoms with van der Waals surface area (Å²) in [5, 5.41) is 0. The van der Waals surface area contributed by atoms with Crippen LogP contribution < -0.4 is 0 Å². The van der Waals surface area contributed by atoms with Gasteiger partial charge in [0.25, 0.3) is 0 Å². The van der Waals surface area contributed by atoms with Crippen LogP contribution in [0.4, 0.5) is 0 Å². The van der Waals surface area contributed by atoms with Crippen LogP contribution in [0.5, 0.6) is 0 Å². The minimum Gasteiger partial charge on any atom is -0.466 e. The van der Waals surface area contributed by atoms with E-state index in [4.69, 9.17) is 13.9 Å². The van der Waals surface area contributed by atoms with E-state index < -0.39 is 0 Å². The zero-order valence-electron chi connectivity index (χ0n) is 18.6. The lowest BCUT2D eigenvalue weighted by molar-refractivity contribution is -0.162. The van der Waals surface area contributed by atoms with Gasteiger partial charge in [-0.3, -0.25) is 0 Å². The van der Waals surface area contributed by atoms with Crippen molar-refractivity contribution in [1.82, 2.24) is 0 Å². The number of unbranched alkanes of at least 4 members (excludes halogenated alkanes) is 8. The summed E-state index contributed by atoms with van der Waals surface area (Å²) in [6.07, 6.45) is 18.9. The maximum atomic E-state index is 6.09. The minimum absolute atomic E-state index is 0.0750. The first kappa shape index (κ1) is 23.5. The number of furan rings is 1. The Hall–Kier alpha value is -0.800. The monoisotopic (exact) mass is 392 g/mol. The highest BCUT2D eigenvalue weighted by atomic mass is 16.7. The average Bonchev–Trinajstić information content (AvgIpc) is 3.20. The van der Waals surface area contributed by atoms with E-state index in [2.05, 4.69) is 26.0 Å². The van der Waals surface area contributed by atoms with Crippen LogP contribution in [0.15, 0.2) is 16.5 Å². The van der Waals surface area contributed by atoms with Crippen LogP contribution in [0.25, 0.3) is 0 Å². The largest absolute Gasteiger partial charge is 0.466 e. The van der Waals surface area contributed by atoms with E-state index in [1.54, 1.807) is 0 Å². The van der Waals surface area contributed by atoms with Gasteiger partial charge < -0.3 is 13.9 Å². The third kappa shape index (κ3) is 10.1. The number of hydrogen-bond donors (Lipinski definition) is 0. The molecule has 2 heterocycles. The number of ether oxygens (including phenoxy) is 2. The van der Waals surface area contributed by atoms with Crippen LogP contribution in [0, 0.1) is 0 Å². The van der Waals surface area contributed by atoms with Crippen molar-refractivity contribution in [3.8, 4) is 0 Å². The molecule has 0 radical (unpaired) electrons. The van der Waals surface area contributed by atoms with Crippen molar-refractivity contribution in [1.29, 1.82) is 0 Å². The first-order valence-electron chi connectivity index (χ1n) is 12.1. The molecule has 0 spiro atoms. The van der Waals surface area contributed by atoms with Crippen molar-refractivity contribution in [3.63, 3.8) is 0 Å². The van der Waals surface area contributed by atoms with E-state index in [0.29, 0.717) is 5.92 Å². The fraction of sp³-hybridized carbons (Fsp3) is 0.840. The molecule has 3 heteroatoms. The van der Waals surface area contributed by atoms with Gasteiger partial charge in [0.2, 0.25) is 0 Å². The van der Waals surface area contributed by atoms with E-state index in [1.165, 1.54) is 88.6 Å². The van der Waals surface area contributed by atoms with Crippen LogP contribution >= 0.6 is 0 Å². The van der Waals surface area contributed by atoms with E-state index >= 15 is 0 Å². The maximum Gasteiger partial charge on any atom is 0.157 e. The van der Waals surface area contributed by atoms with Gasteiger partial charge in [0.05, 0.1) is 0 Å². The van der Waals surface area contributed by atoms with Crippen molar-refractivity contribution in [2.75, 3.05) is 13.2 Å². The zero-order valence-corrected chi connectivity index (χ0v) is 18.6. The highest BCUT2D eigenvalue weighted by Gasteiger charge is 2.13. The first-order chi connectivity index (χ1) is 13.8. The Balaban J connectivity index is 1.42. The lowest BCUT2D eigenvalue weighted by atomic mass is 10.0. The fourth-order valence-electron chi connectivity index (χ4n) is 3.98. The van der Waals surface area contributed by atoms with Gasteiger partial charge in [0.15, 0.2) is 6.29 Å². The molecule has 1 aliphatic heterocycles.